The molecule has 4 rings (SSSR count). The van der Waals surface area contributed by atoms with Gasteiger partial charge in [0.1, 0.15) is 5.75 Å². The minimum atomic E-state index is -0.104. The van der Waals surface area contributed by atoms with Crippen LogP contribution in [0, 0.1) is 12.8 Å². The summed E-state index contributed by atoms with van der Waals surface area (Å²) in [5, 5.41) is 4.20. The van der Waals surface area contributed by atoms with Gasteiger partial charge in [-0.05, 0) is 42.9 Å². The van der Waals surface area contributed by atoms with Crippen LogP contribution in [0.4, 0.5) is 0 Å². The predicted molar refractivity (Wildman–Crippen MR) is 95.9 cm³/mol. The summed E-state index contributed by atoms with van der Waals surface area (Å²) >= 11 is 0. The Kier molecular flexibility index (Phi) is 4.42. The quantitative estimate of drug-likeness (QED) is 0.825. The number of hydrogen-bond donors (Lipinski definition) is 0. The van der Waals surface area contributed by atoms with E-state index in [-0.39, 0.29) is 11.3 Å². The first kappa shape index (κ1) is 17.1. The summed E-state index contributed by atoms with van der Waals surface area (Å²) in [4.78, 5) is 19.3. The number of rotatable bonds is 5. The molecule has 26 heavy (non-hydrogen) atoms. The molecule has 1 aromatic carbocycles. The average molecular weight is 355 g/mol. The van der Waals surface area contributed by atoms with Crippen molar-refractivity contribution in [1.29, 1.82) is 0 Å². The summed E-state index contributed by atoms with van der Waals surface area (Å²) in [6, 6.07) is 7.92. The molecule has 1 saturated carbocycles. The molecular formula is C20H25N3O3. The molecular weight excluding hydrogens is 330 g/mol. The van der Waals surface area contributed by atoms with Crippen molar-refractivity contribution < 1.29 is 14.1 Å². The van der Waals surface area contributed by atoms with Crippen molar-refractivity contribution >= 4 is 5.91 Å². The third kappa shape index (κ3) is 2.97. The van der Waals surface area contributed by atoms with Crippen LogP contribution in [-0.4, -0.2) is 41.1 Å². The zero-order valence-corrected chi connectivity index (χ0v) is 15.4. The molecule has 2 atom stereocenters. The molecule has 2 heterocycles. The number of fused-ring (bicyclic) bond motifs is 1. The number of carbonyl (C=O) groups is 1. The number of amides is 1. The van der Waals surface area contributed by atoms with Gasteiger partial charge in [0, 0.05) is 26.4 Å². The highest BCUT2D eigenvalue weighted by Gasteiger charge is 2.54. The number of aromatic nitrogens is 2. The normalized spacial score (nSPS) is 24.7. The molecule has 1 aromatic heterocycles. The fourth-order valence-corrected chi connectivity index (χ4v) is 4.55. The van der Waals surface area contributed by atoms with E-state index in [4.69, 9.17) is 9.26 Å². The standard InChI is InChI=1S/C20H25N3O3/c1-14-21-19(22-26-14)20-11-3-4-16(20)12-23(13-20)18(24)10-7-15-5-8-17(25-2)9-6-15/h5-6,8-9,16H,3-4,7,10-13H2,1-2H3/t16-,20-/m1/s1. The molecule has 0 spiro atoms. The maximum absolute atomic E-state index is 12.8. The van der Waals surface area contributed by atoms with E-state index in [1.54, 1.807) is 7.11 Å². The topological polar surface area (TPSA) is 68.5 Å². The SMILES string of the molecule is COc1ccc(CCC(=O)N2C[C@H]3CCC[C@@]3(c3noc(C)n3)C2)cc1. The van der Waals surface area contributed by atoms with Crippen LogP contribution in [0.25, 0.3) is 0 Å². The van der Waals surface area contributed by atoms with Gasteiger partial charge in [-0.1, -0.05) is 23.7 Å². The average Bonchev–Trinajstić information content (AvgIpc) is 3.34. The van der Waals surface area contributed by atoms with Gasteiger partial charge in [0.2, 0.25) is 11.8 Å². The van der Waals surface area contributed by atoms with Crippen molar-refractivity contribution in [1.82, 2.24) is 15.0 Å². The van der Waals surface area contributed by atoms with E-state index >= 15 is 0 Å². The number of likely N-dealkylation sites (tertiary alicyclic amines) is 1. The van der Waals surface area contributed by atoms with Crippen LogP contribution in [0.1, 0.15) is 43.0 Å². The zero-order chi connectivity index (χ0) is 18.1. The third-order valence-corrected chi connectivity index (χ3v) is 5.98. The number of nitrogens with zero attached hydrogens (tertiary/aromatic N) is 3. The second-order valence-corrected chi connectivity index (χ2v) is 7.50. The van der Waals surface area contributed by atoms with Crippen molar-refractivity contribution in [3.63, 3.8) is 0 Å². The van der Waals surface area contributed by atoms with Crippen molar-refractivity contribution in [3.8, 4) is 5.75 Å². The molecule has 6 nitrogen and oxygen atoms in total. The molecule has 0 N–H and O–H groups in total. The van der Waals surface area contributed by atoms with E-state index in [9.17, 15) is 4.79 Å². The Labute approximate surface area is 153 Å². The molecule has 2 fully saturated rings. The summed E-state index contributed by atoms with van der Waals surface area (Å²) < 4.78 is 10.4. The van der Waals surface area contributed by atoms with E-state index in [1.807, 2.05) is 36.1 Å². The summed E-state index contributed by atoms with van der Waals surface area (Å²) in [5.41, 5.74) is 1.05. The second kappa shape index (κ2) is 6.74. The smallest absolute Gasteiger partial charge is 0.223 e. The summed E-state index contributed by atoms with van der Waals surface area (Å²) in [7, 11) is 1.66. The molecule has 0 bridgehead atoms. The van der Waals surface area contributed by atoms with Crippen LogP contribution in [0.15, 0.2) is 28.8 Å². The molecule has 2 aliphatic rings. The van der Waals surface area contributed by atoms with Crippen LogP contribution in [0.5, 0.6) is 5.75 Å². The van der Waals surface area contributed by atoms with Gasteiger partial charge in [-0.15, -0.1) is 0 Å². The minimum Gasteiger partial charge on any atom is -0.497 e. The first-order valence-corrected chi connectivity index (χ1v) is 9.32. The van der Waals surface area contributed by atoms with Crippen LogP contribution < -0.4 is 4.74 Å². The van der Waals surface area contributed by atoms with Gasteiger partial charge >= 0.3 is 0 Å². The molecule has 1 amide bonds. The highest BCUT2D eigenvalue weighted by molar-refractivity contribution is 5.77. The lowest BCUT2D eigenvalue weighted by Crippen LogP contribution is -2.35. The van der Waals surface area contributed by atoms with E-state index in [0.29, 0.717) is 18.2 Å². The zero-order valence-electron chi connectivity index (χ0n) is 15.4. The highest BCUT2D eigenvalue weighted by atomic mass is 16.5. The number of hydrogen-bond acceptors (Lipinski definition) is 5. The lowest BCUT2D eigenvalue weighted by molar-refractivity contribution is -0.130. The van der Waals surface area contributed by atoms with Gasteiger partial charge in [0.15, 0.2) is 5.82 Å². The lowest BCUT2D eigenvalue weighted by Gasteiger charge is -2.24. The van der Waals surface area contributed by atoms with E-state index < -0.39 is 0 Å². The Hall–Kier alpha value is -2.37. The first-order valence-electron chi connectivity index (χ1n) is 9.32. The van der Waals surface area contributed by atoms with Crippen LogP contribution in [0.3, 0.4) is 0 Å². The van der Waals surface area contributed by atoms with Gasteiger partial charge in [-0.2, -0.15) is 4.98 Å². The van der Waals surface area contributed by atoms with Crippen molar-refractivity contribution in [3.05, 3.63) is 41.5 Å². The number of methoxy groups -OCH3 is 1. The van der Waals surface area contributed by atoms with E-state index in [0.717, 1.165) is 49.5 Å². The molecule has 0 radical (unpaired) electrons. The molecule has 0 unspecified atom stereocenters. The molecule has 1 aliphatic heterocycles. The molecule has 6 heteroatoms. The maximum atomic E-state index is 12.8. The third-order valence-electron chi connectivity index (χ3n) is 5.98. The highest BCUT2D eigenvalue weighted by Crippen LogP contribution is 2.49. The fourth-order valence-electron chi connectivity index (χ4n) is 4.55. The largest absolute Gasteiger partial charge is 0.497 e. The number of ether oxygens (including phenoxy) is 1. The monoisotopic (exact) mass is 355 g/mol. The summed E-state index contributed by atoms with van der Waals surface area (Å²) in [6.45, 7) is 3.36. The Morgan fingerprint density at radius 1 is 1.38 bits per heavy atom. The Morgan fingerprint density at radius 3 is 2.88 bits per heavy atom. The first-order chi connectivity index (χ1) is 12.6. The summed E-state index contributed by atoms with van der Waals surface area (Å²) in [5.74, 6) is 2.90. The number of carbonyl (C=O) groups excluding carboxylic acids is 1. The maximum Gasteiger partial charge on any atom is 0.223 e. The van der Waals surface area contributed by atoms with Gasteiger partial charge < -0.3 is 14.2 Å². The van der Waals surface area contributed by atoms with E-state index in [2.05, 4.69) is 10.1 Å². The molecule has 1 saturated heterocycles. The minimum absolute atomic E-state index is 0.104. The Balaban J connectivity index is 1.41. The summed E-state index contributed by atoms with van der Waals surface area (Å²) in [6.07, 6.45) is 4.62. The molecule has 1 aliphatic carbocycles. The predicted octanol–water partition coefficient (Wildman–Crippen LogP) is 2.90. The molecule has 138 valence electrons. The van der Waals surface area contributed by atoms with Crippen molar-refractivity contribution in [2.75, 3.05) is 20.2 Å². The van der Waals surface area contributed by atoms with Gasteiger partial charge in [0.05, 0.1) is 12.5 Å². The lowest BCUT2D eigenvalue weighted by atomic mass is 9.80. The number of benzene rings is 1. The van der Waals surface area contributed by atoms with Crippen molar-refractivity contribution in [2.45, 2.75) is 44.4 Å². The van der Waals surface area contributed by atoms with Gasteiger partial charge in [-0.25, -0.2) is 0 Å². The molecule has 2 aromatic rings. The fraction of sp³-hybridized carbons (Fsp3) is 0.550. The van der Waals surface area contributed by atoms with E-state index in [1.165, 1.54) is 6.42 Å². The Morgan fingerprint density at radius 2 is 2.19 bits per heavy atom. The van der Waals surface area contributed by atoms with Gasteiger partial charge in [0.25, 0.3) is 0 Å². The van der Waals surface area contributed by atoms with Crippen LogP contribution >= 0.6 is 0 Å². The van der Waals surface area contributed by atoms with Crippen LogP contribution in [-0.2, 0) is 16.6 Å². The Bertz CT molecular complexity index is 786. The van der Waals surface area contributed by atoms with Gasteiger partial charge in [-0.3, -0.25) is 4.79 Å². The second-order valence-electron chi connectivity index (χ2n) is 7.50. The van der Waals surface area contributed by atoms with Crippen molar-refractivity contribution in [2.24, 2.45) is 5.92 Å². The van der Waals surface area contributed by atoms with Crippen LogP contribution in [0.2, 0.25) is 0 Å². The number of aryl methyl sites for hydroxylation is 2.